The molecule has 0 unspecified atom stereocenters. The van der Waals surface area contributed by atoms with Crippen LogP contribution in [0.25, 0.3) is 11.0 Å². The summed E-state index contributed by atoms with van der Waals surface area (Å²) in [6, 6.07) is 11.4. The van der Waals surface area contributed by atoms with Crippen molar-refractivity contribution in [2.24, 2.45) is 5.10 Å². The quantitative estimate of drug-likeness (QED) is 0.309. The van der Waals surface area contributed by atoms with E-state index >= 15 is 0 Å². The lowest BCUT2D eigenvalue weighted by molar-refractivity contribution is -0.120. The number of amides is 2. The number of fused-ring (bicyclic) bond motifs is 2. The molecule has 1 aliphatic rings. The zero-order valence-corrected chi connectivity index (χ0v) is 21.8. The number of hydrogen-bond donors (Lipinski definition) is 2. The largest absolute Gasteiger partial charge is 0.464 e. The van der Waals surface area contributed by atoms with Gasteiger partial charge in [0.25, 0.3) is 5.91 Å². The van der Waals surface area contributed by atoms with E-state index in [4.69, 9.17) is 20.4 Å². The van der Waals surface area contributed by atoms with Gasteiger partial charge in [0.05, 0.1) is 18.4 Å². The van der Waals surface area contributed by atoms with Crippen molar-refractivity contribution in [2.45, 2.75) is 53.0 Å². The molecule has 190 valence electrons. The molecule has 2 heterocycles. The van der Waals surface area contributed by atoms with E-state index in [1.54, 1.807) is 12.3 Å². The highest BCUT2D eigenvalue weighted by molar-refractivity contribution is 6.31. The number of carbonyl (C=O) groups excluding carboxylic acids is 2. The average molecular weight is 518 g/mol. The van der Waals surface area contributed by atoms with Crippen molar-refractivity contribution in [3.05, 3.63) is 92.6 Å². The Bertz CT molecular complexity index is 1550. The van der Waals surface area contributed by atoms with Gasteiger partial charge in [-0.3, -0.25) is 9.59 Å². The van der Waals surface area contributed by atoms with Gasteiger partial charge in [0, 0.05) is 40.1 Å². The van der Waals surface area contributed by atoms with Crippen molar-refractivity contribution in [3.63, 3.8) is 0 Å². The maximum absolute atomic E-state index is 12.9. The third-order valence-electron chi connectivity index (χ3n) is 6.94. The van der Waals surface area contributed by atoms with Crippen LogP contribution >= 0.6 is 11.6 Å². The van der Waals surface area contributed by atoms with Crippen molar-refractivity contribution >= 4 is 40.1 Å². The van der Waals surface area contributed by atoms with Crippen LogP contribution < -0.4 is 10.7 Å². The van der Waals surface area contributed by atoms with E-state index in [-0.39, 0.29) is 24.0 Å². The van der Waals surface area contributed by atoms with E-state index in [1.165, 1.54) is 0 Å². The molecule has 0 bridgehead atoms. The summed E-state index contributed by atoms with van der Waals surface area (Å²) in [4.78, 5) is 25.7. The van der Waals surface area contributed by atoms with Crippen LogP contribution in [0.5, 0.6) is 0 Å². The predicted molar refractivity (Wildman–Crippen MR) is 143 cm³/mol. The fourth-order valence-electron chi connectivity index (χ4n) is 4.76. The maximum Gasteiger partial charge on any atom is 0.287 e. The smallest absolute Gasteiger partial charge is 0.287 e. The van der Waals surface area contributed by atoms with Crippen LogP contribution in [0.2, 0.25) is 5.02 Å². The molecule has 2 aromatic carbocycles. The lowest BCUT2D eigenvalue weighted by atomic mass is 9.93. The molecule has 37 heavy (non-hydrogen) atoms. The summed E-state index contributed by atoms with van der Waals surface area (Å²) in [7, 11) is 0. The van der Waals surface area contributed by atoms with Crippen molar-refractivity contribution in [3.8, 4) is 0 Å². The van der Waals surface area contributed by atoms with Gasteiger partial charge in [-0.2, -0.15) is 5.10 Å². The van der Waals surface area contributed by atoms with Crippen LogP contribution in [0.3, 0.4) is 0 Å². The van der Waals surface area contributed by atoms with Crippen LogP contribution in [0.4, 0.5) is 0 Å². The molecule has 7 nitrogen and oxygen atoms in total. The van der Waals surface area contributed by atoms with Gasteiger partial charge in [-0.05, 0) is 56.4 Å². The number of nitrogens with one attached hydrogen (secondary N) is 2. The first-order valence-electron chi connectivity index (χ1n) is 12.3. The number of rotatable bonds is 6. The Morgan fingerprint density at radius 3 is 2.65 bits per heavy atom. The van der Waals surface area contributed by atoms with E-state index in [9.17, 15) is 9.59 Å². The van der Waals surface area contributed by atoms with Crippen LogP contribution in [0.1, 0.15) is 62.5 Å². The molecule has 2 amide bonds. The van der Waals surface area contributed by atoms with Crippen LogP contribution in [0, 0.1) is 20.8 Å². The van der Waals surface area contributed by atoms with E-state index in [0.717, 1.165) is 45.2 Å². The Morgan fingerprint density at radius 1 is 1.03 bits per heavy atom. The first-order valence-corrected chi connectivity index (χ1v) is 12.7. The number of nitrogens with zero attached hydrogens (tertiary/aromatic N) is 1. The summed E-state index contributed by atoms with van der Waals surface area (Å²) in [5.41, 5.74) is 9.58. The second kappa shape index (κ2) is 10.3. The molecule has 4 aromatic rings. The first kappa shape index (κ1) is 24.8. The molecule has 0 spiro atoms. The molecule has 0 atom stereocenters. The predicted octanol–water partition coefficient (Wildman–Crippen LogP) is 5.93. The molecule has 2 aromatic heterocycles. The summed E-state index contributed by atoms with van der Waals surface area (Å²) >= 11 is 6.20. The van der Waals surface area contributed by atoms with E-state index in [0.29, 0.717) is 41.4 Å². The molecule has 8 heteroatoms. The number of benzene rings is 2. The van der Waals surface area contributed by atoms with Crippen molar-refractivity contribution < 1.29 is 18.4 Å². The topological polar surface area (TPSA) is 96.8 Å². The molecule has 0 saturated heterocycles. The lowest BCUT2D eigenvalue weighted by Gasteiger charge is -2.13. The Balaban J connectivity index is 1.30. The van der Waals surface area contributed by atoms with E-state index in [1.807, 2.05) is 51.1 Å². The Hall–Kier alpha value is -3.84. The summed E-state index contributed by atoms with van der Waals surface area (Å²) in [6.45, 7) is 6.18. The monoisotopic (exact) mass is 517 g/mol. The van der Waals surface area contributed by atoms with Gasteiger partial charge in [0.1, 0.15) is 11.3 Å². The van der Waals surface area contributed by atoms with Gasteiger partial charge in [-0.15, -0.1) is 0 Å². The Labute approximate surface area is 219 Å². The number of furan rings is 2. The Kier molecular flexibility index (Phi) is 6.89. The summed E-state index contributed by atoms with van der Waals surface area (Å²) in [5.74, 6) is 0.423. The second-order valence-corrected chi connectivity index (χ2v) is 9.80. The van der Waals surface area contributed by atoms with E-state index < -0.39 is 0 Å². The minimum absolute atomic E-state index is 0.152. The highest BCUT2D eigenvalue weighted by Gasteiger charge is 2.28. The summed E-state index contributed by atoms with van der Waals surface area (Å²) in [5, 5.41) is 8.84. The fraction of sp³-hybridized carbons (Fsp3) is 0.276. The van der Waals surface area contributed by atoms with Gasteiger partial charge in [0.2, 0.25) is 5.91 Å². The number of carbonyl (C=O) groups is 2. The zero-order valence-electron chi connectivity index (χ0n) is 21.0. The minimum Gasteiger partial charge on any atom is -0.464 e. The third kappa shape index (κ3) is 4.91. The highest BCUT2D eigenvalue weighted by Crippen LogP contribution is 2.30. The molecule has 0 saturated carbocycles. The average Bonchev–Trinajstić information content (AvgIpc) is 3.45. The fourth-order valence-corrected chi connectivity index (χ4v) is 4.96. The molecule has 0 aliphatic heterocycles. The molecule has 2 N–H and O–H groups in total. The number of hydrogen-bond acceptors (Lipinski definition) is 5. The third-order valence-corrected chi connectivity index (χ3v) is 7.31. The number of hydrazone groups is 1. The minimum atomic E-state index is -0.312. The standard InChI is InChI=1S/C29H28ClN3O4/c1-16-11-12-21-20(15-36-27(21)17(16)2)13-25(34)33-32-23-9-6-10-24-26(23)18(3)28(37-24)29(35)31-14-19-7-4-5-8-22(19)30/h4-5,7-8,11-12,15H,6,9-10,13-14H2,1-3H3,(H,31,35)(H,33,34)/b32-23+. The SMILES string of the molecule is Cc1ccc2c(CC(=O)N/N=C3\CCCc4oc(C(=O)NCc5ccccc5Cl)c(C)c43)coc2c1C. The van der Waals surface area contributed by atoms with Gasteiger partial charge in [0.15, 0.2) is 5.76 Å². The molecular formula is C29H28ClN3O4. The van der Waals surface area contributed by atoms with E-state index in [2.05, 4.69) is 15.8 Å². The number of aryl methyl sites for hydroxylation is 3. The van der Waals surface area contributed by atoms with Crippen LogP contribution in [-0.4, -0.2) is 17.5 Å². The van der Waals surface area contributed by atoms with Gasteiger partial charge in [-0.25, -0.2) is 5.43 Å². The van der Waals surface area contributed by atoms with Gasteiger partial charge < -0.3 is 14.2 Å². The van der Waals surface area contributed by atoms with Gasteiger partial charge >= 0.3 is 0 Å². The van der Waals surface area contributed by atoms with Crippen LogP contribution in [0.15, 0.2) is 56.6 Å². The maximum atomic E-state index is 12.9. The zero-order chi connectivity index (χ0) is 26.1. The second-order valence-electron chi connectivity index (χ2n) is 9.40. The first-order chi connectivity index (χ1) is 17.8. The number of halogens is 1. The summed E-state index contributed by atoms with van der Waals surface area (Å²) in [6.07, 6.45) is 4.00. The Morgan fingerprint density at radius 2 is 1.84 bits per heavy atom. The normalized spacial score (nSPS) is 14.1. The summed E-state index contributed by atoms with van der Waals surface area (Å²) < 4.78 is 11.7. The molecule has 0 radical (unpaired) electrons. The van der Waals surface area contributed by atoms with Crippen molar-refractivity contribution in [1.29, 1.82) is 0 Å². The molecule has 1 aliphatic carbocycles. The lowest BCUT2D eigenvalue weighted by Crippen LogP contribution is -2.24. The highest BCUT2D eigenvalue weighted by atomic mass is 35.5. The van der Waals surface area contributed by atoms with Crippen molar-refractivity contribution in [1.82, 2.24) is 10.7 Å². The van der Waals surface area contributed by atoms with Crippen molar-refractivity contribution in [2.75, 3.05) is 0 Å². The molecular weight excluding hydrogens is 490 g/mol. The molecule has 0 fully saturated rings. The molecule has 5 rings (SSSR count). The van der Waals surface area contributed by atoms with Gasteiger partial charge in [-0.1, -0.05) is 41.9 Å². The van der Waals surface area contributed by atoms with Crippen LogP contribution in [-0.2, 0) is 24.2 Å².